The Hall–Kier alpha value is -2.03. The maximum atomic E-state index is 11.9. The zero-order valence-corrected chi connectivity index (χ0v) is 15.8. The minimum absolute atomic E-state index is 0.0293. The molecule has 1 heterocycles. The molecule has 0 aliphatic carbocycles. The van der Waals surface area contributed by atoms with Gasteiger partial charge in [0.1, 0.15) is 12.1 Å². The highest BCUT2D eigenvalue weighted by molar-refractivity contribution is 5.85. The number of likely N-dealkylation sites (tertiary alicyclic amines) is 1. The maximum Gasteiger partial charge on any atom is 0.410 e. The Morgan fingerprint density at radius 2 is 1.92 bits per heavy atom. The number of rotatable bonds is 7. The van der Waals surface area contributed by atoms with Crippen LogP contribution in [0, 0.1) is 0 Å². The van der Waals surface area contributed by atoms with Gasteiger partial charge in [0.05, 0.1) is 12.6 Å². The molecule has 144 valence electrons. The van der Waals surface area contributed by atoms with E-state index < -0.39 is 5.60 Å². The van der Waals surface area contributed by atoms with Gasteiger partial charge in [-0.2, -0.15) is 0 Å². The zero-order chi connectivity index (χ0) is 18.9. The van der Waals surface area contributed by atoms with Crippen LogP contribution >= 0.6 is 0 Å². The predicted octanol–water partition coefficient (Wildman–Crippen LogP) is -0.0766. The fraction of sp³-hybridized carbons (Fsp3) is 0.812. The summed E-state index contributed by atoms with van der Waals surface area (Å²) in [6.45, 7) is 10.2. The van der Waals surface area contributed by atoms with Gasteiger partial charge in [0, 0.05) is 33.3 Å². The van der Waals surface area contributed by atoms with Crippen LogP contribution in [0.25, 0.3) is 0 Å². The van der Waals surface area contributed by atoms with Crippen LogP contribution in [0.4, 0.5) is 4.79 Å². The first kappa shape index (κ1) is 21.0. The fourth-order valence-corrected chi connectivity index (χ4v) is 2.06. The van der Waals surface area contributed by atoms with Crippen molar-refractivity contribution >= 4 is 18.0 Å². The van der Waals surface area contributed by atoms with E-state index in [9.17, 15) is 9.59 Å². The standard InChI is InChI=1S/C16H31N5O4/c1-6-17-14(19-9-13(22)18-7-8-24-5)20-12-10-21(11-12)15(23)25-16(2,3)4/h12H,6-11H2,1-5H3,(H,18,22)(H2,17,19,20). The maximum absolute atomic E-state index is 11.9. The lowest BCUT2D eigenvalue weighted by atomic mass is 10.1. The van der Waals surface area contributed by atoms with Crippen LogP contribution in [0.1, 0.15) is 27.7 Å². The number of methoxy groups -OCH3 is 1. The molecular weight excluding hydrogens is 326 g/mol. The Labute approximate surface area is 149 Å². The third-order valence-electron chi connectivity index (χ3n) is 3.23. The minimum Gasteiger partial charge on any atom is -0.444 e. The third-order valence-corrected chi connectivity index (χ3v) is 3.23. The van der Waals surface area contributed by atoms with E-state index in [-0.39, 0.29) is 24.6 Å². The van der Waals surface area contributed by atoms with Gasteiger partial charge in [-0.3, -0.25) is 4.79 Å². The second-order valence-corrected chi connectivity index (χ2v) is 6.76. The van der Waals surface area contributed by atoms with E-state index in [1.807, 2.05) is 27.7 Å². The first-order chi connectivity index (χ1) is 11.7. The third kappa shape index (κ3) is 8.57. The van der Waals surface area contributed by atoms with Gasteiger partial charge in [0.15, 0.2) is 5.96 Å². The number of aliphatic imine (C=N–C) groups is 1. The van der Waals surface area contributed by atoms with Gasteiger partial charge in [0.25, 0.3) is 0 Å². The summed E-state index contributed by atoms with van der Waals surface area (Å²) < 4.78 is 10.2. The number of nitrogens with zero attached hydrogens (tertiary/aromatic N) is 2. The molecule has 1 aliphatic rings. The number of ether oxygens (including phenoxy) is 2. The molecule has 1 saturated heterocycles. The van der Waals surface area contributed by atoms with Crippen molar-refractivity contribution in [3.63, 3.8) is 0 Å². The number of nitrogens with one attached hydrogen (secondary N) is 3. The van der Waals surface area contributed by atoms with E-state index in [4.69, 9.17) is 9.47 Å². The summed E-state index contributed by atoms with van der Waals surface area (Å²) in [5, 5.41) is 9.01. The highest BCUT2D eigenvalue weighted by Gasteiger charge is 2.34. The molecule has 0 spiro atoms. The summed E-state index contributed by atoms with van der Waals surface area (Å²) in [5.74, 6) is 0.386. The lowest BCUT2D eigenvalue weighted by Gasteiger charge is -2.40. The topological polar surface area (TPSA) is 104 Å². The number of hydrogen-bond donors (Lipinski definition) is 3. The Bertz CT molecular complexity index is 470. The van der Waals surface area contributed by atoms with Crippen molar-refractivity contribution in [2.24, 2.45) is 4.99 Å². The molecule has 0 atom stereocenters. The van der Waals surface area contributed by atoms with Crippen LogP contribution in [-0.2, 0) is 14.3 Å². The normalized spacial score (nSPS) is 15.4. The first-order valence-electron chi connectivity index (χ1n) is 8.53. The summed E-state index contributed by atoms with van der Waals surface area (Å²) in [7, 11) is 1.58. The van der Waals surface area contributed by atoms with E-state index >= 15 is 0 Å². The molecule has 1 fully saturated rings. The van der Waals surface area contributed by atoms with E-state index in [1.54, 1.807) is 12.0 Å². The van der Waals surface area contributed by atoms with Crippen LogP contribution < -0.4 is 16.0 Å². The first-order valence-corrected chi connectivity index (χ1v) is 8.53. The van der Waals surface area contributed by atoms with Crippen molar-refractivity contribution < 1.29 is 19.1 Å². The zero-order valence-electron chi connectivity index (χ0n) is 15.8. The van der Waals surface area contributed by atoms with Crippen LogP contribution in [0.5, 0.6) is 0 Å². The second kappa shape index (κ2) is 10.1. The molecule has 9 heteroatoms. The average Bonchev–Trinajstić information content (AvgIpc) is 2.46. The van der Waals surface area contributed by atoms with Gasteiger partial charge in [-0.1, -0.05) is 0 Å². The van der Waals surface area contributed by atoms with Crippen molar-refractivity contribution in [3.05, 3.63) is 0 Å². The van der Waals surface area contributed by atoms with Crippen LogP contribution in [0.2, 0.25) is 0 Å². The molecule has 0 radical (unpaired) electrons. The summed E-state index contributed by atoms with van der Waals surface area (Å²) in [5.41, 5.74) is -0.498. The van der Waals surface area contributed by atoms with Crippen molar-refractivity contribution in [1.82, 2.24) is 20.9 Å². The number of carbonyl (C=O) groups excluding carboxylic acids is 2. The minimum atomic E-state index is -0.498. The molecular formula is C16H31N5O4. The molecule has 0 aromatic heterocycles. The number of guanidine groups is 1. The summed E-state index contributed by atoms with van der Waals surface area (Å²) in [6, 6.07) is 0.0851. The molecule has 3 N–H and O–H groups in total. The van der Waals surface area contributed by atoms with Crippen LogP contribution in [0.3, 0.4) is 0 Å². The average molecular weight is 357 g/mol. The van der Waals surface area contributed by atoms with Gasteiger partial charge in [-0.25, -0.2) is 9.79 Å². The van der Waals surface area contributed by atoms with Gasteiger partial charge in [-0.05, 0) is 27.7 Å². The van der Waals surface area contributed by atoms with Crippen LogP contribution in [0.15, 0.2) is 4.99 Å². The highest BCUT2D eigenvalue weighted by atomic mass is 16.6. The molecule has 1 aliphatic heterocycles. The molecule has 0 saturated carbocycles. The van der Waals surface area contributed by atoms with Crippen LogP contribution in [-0.4, -0.2) is 80.9 Å². The Balaban J connectivity index is 2.38. The van der Waals surface area contributed by atoms with E-state index in [1.165, 1.54) is 0 Å². The van der Waals surface area contributed by atoms with Crippen molar-refractivity contribution in [2.45, 2.75) is 39.3 Å². The number of carbonyl (C=O) groups is 2. The second-order valence-electron chi connectivity index (χ2n) is 6.76. The molecule has 9 nitrogen and oxygen atoms in total. The summed E-state index contributed by atoms with van der Waals surface area (Å²) in [4.78, 5) is 29.5. The van der Waals surface area contributed by atoms with Crippen molar-refractivity contribution in [1.29, 1.82) is 0 Å². The van der Waals surface area contributed by atoms with Crippen molar-refractivity contribution in [3.8, 4) is 0 Å². The van der Waals surface area contributed by atoms with E-state index in [2.05, 4.69) is 20.9 Å². The van der Waals surface area contributed by atoms with Gasteiger partial charge in [0.2, 0.25) is 5.91 Å². The Kier molecular flexibility index (Phi) is 8.47. The monoisotopic (exact) mass is 357 g/mol. The molecule has 0 bridgehead atoms. The fourth-order valence-electron chi connectivity index (χ4n) is 2.06. The highest BCUT2D eigenvalue weighted by Crippen LogP contribution is 2.15. The SMILES string of the molecule is CCNC(=NCC(=O)NCCOC)NC1CN(C(=O)OC(C)(C)C)C1. The Morgan fingerprint density at radius 3 is 2.48 bits per heavy atom. The smallest absolute Gasteiger partial charge is 0.410 e. The molecule has 0 aromatic rings. The number of amides is 2. The van der Waals surface area contributed by atoms with Crippen molar-refractivity contribution in [2.75, 3.05) is 46.4 Å². The van der Waals surface area contributed by atoms with E-state index in [0.29, 0.717) is 38.7 Å². The lowest BCUT2D eigenvalue weighted by Crippen LogP contribution is -2.63. The van der Waals surface area contributed by atoms with Gasteiger partial charge >= 0.3 is 6.09 Å². The van der Waals surface area contributed by atoms with Gasteiger partial charge < -0.3 is 30.3 Å². The summed E-state index contributed by atoms with van der Waals surface area (Å²) >= 11 is 0. The molecule has 0 unspecified atom stereocenters. The lowest BCUT2D eigenvalue weighted by molar-refractivity contribution is -0.119. The molecule has 1 rings (SSSR count). The molecule has 2 amide bonds. The number of hydrogen-bond acceptors (Lipinski definition) is 5. The molecule has 0 aromatic carbocycles. The quantitative estimate of drug-likeness (QED) is 0.335. The largest absolute Gasteiger partial charge is 0.444 e. The summed E-state index contributed by atoms with van der Waals surface area (Å²) in [6.07, 6.45) is -0.315. The predicted molar refractivity (Wildman–Crippen MR) is 95.6 cm³/mol. The van der Waals surface area contributed by atoms with Gasteiger partial charge in [-0.15, -0.1) is 0 Å². The Morgan fingerprint density at radius 1 is 1.24 bits per heavy atom. The molecule has 25 heavy (non-hydrogen) atoms. The van der Waals surface area contributed by atoms with E-state index in [0.717, 1.165) is 0 Å².